The van der Waals surface area contributed by atoms with E-state index in [0.717, 1.165) is 10.9 Å². The predicted octanol–water partition coefficient (Wildman–Crippen LogP) is 2.81. The molecule has 3 aromatic rings. The Labute approximate surface area is 201 Å². The summed E-state index contributed by atoms with van der Waals surface area (Å²) in [6, 6.07) is 13.9. The third kappa shape index (κ3) is 2.63. The van der Waals surface area contributed by atoms with Crippen LogP contribution in [0.15, 0.2) is 48.5 Å². The molecule has 3 aliphatic rings. The van der Waals surface area contributed by atoms with Crippen molar-refractivity contribution in [1.82, 2.24) is 5.32 Å². The minimum Gasteiger partial charge on any atom is -0.508 e. The molecule has 0 unspecified atom stereocenters. The Bertz CT molecular complexity index is 1420. The molecule has 180 valence electrons. The number of aryl methyl sites for hydroxylation is 1. The number of phenolic OH excluding ortho intramolecular Hbond substituents is 1. The molecule has 6 rings (SSSR count). The molecule has 0 spiro atoms. The van der Waals surface area contributed by atoms with Crippen LogP contribution >= 0.6 is 0 Å². The maximum Gasteiger partial charge on any atom is 0.238 e. The Balaban J connectivity index is 1.65. The zero-order valence-electron chi connectivity index (χ0n) is 19.2. The normalized spacial score (nSPS) is 31.0. The van der Waals surface area contributed by atoms with Crippen molar-refractivity contribution in [3.05, 3.63) is 65.2 Å². The third-order valence-electron chi connectivity index (χ3n) is 8.03. The van der Waals surface area contributed by atoms with Gasteiger partial charge in [0.25, 0.3) is 0 Å². The number of ether oxygens (including phenoxy) is 2. The summed E-state index contributed by atoms with van der Waals surface area (Å²) in [5, 5.41) is 36.5. The number of aliphatic hydroxyl groups excluding tert-OH is 2. The number of amides is 2. The number of carbonyl (C=O) groups excluding carboxylic acids is 2. The van der Waals surface area contributed by atoms with E-state index in [2.05, 4.69) is 5.32 Å². The van der Waals surface area contributed by atoms with E-state index in [1.54, 1.807) is 36.4 Å². The Morgan fingerprint density at radius 2 is 1.71 bits per heavy atom. The van der Waals surface area contributed by atoms with Gasteiger partial charge in [0.1, 0.15) is 34.2 Å². The SMILES string of the molecule is COc1cccc2c1[C@H](O)[C@]13C[C@H](O)C[C@@]1(C(=O)NC3=O)[C@H]2Oc1cc(C)cc2ccc(O)cc12. The number of aliphatic hydroxyl groups is 2. The Hall–Kier alpha value is -3.62. The zero-order valence-corrected chi connectivity index (χ0v) is 19.2. The van der Waals surface area contributed by atoms with Crippen LogP contribution in [0.25, 0.3) is 10.8 Å². The summed E-state index contributed by atoms with van der Waals surface area (Å²) >= 11 is 0. The van der Waals surface area contributed by atoms with Crippen LogP contribution in [0.4, 0.5) is 0 Å². The lowest BCUT2D eigenvalue weighted by molar-refractivity contribution is -0.159. The number of methoxy groups -OCH3 is 1. The van der Waals surface area contributed by atoms with Gasteiger partial charge in [-0.25, -0.2) is 0 Å². The fourth-order valence-corrected chi connectivity index (χ4v) is 6.65. The molecule has 3 aromatic carbocycles. The molecular formula is C27H25NO7. The number of fused-ring (bicyclic) bond motifs is 2. The van der Waals surface area contributed by atoms with Gasteiger partial charge < -0.3 is 24.8 Å². The summed E-state index contributed by atoms with van der Waals surface area (Å²) in [4.78, 5) is 26.9. The number of hydrogen-bond acceptors (Lipinski definition) is 7. The maximum atomic E-state index is 13.6. The summed E-state index contributed by atoms with van der Waals surface area (Å²) in [5.41, 5.74) is -1.36. The number of carbonyl (C=O) groups is 2. The van der Waals surface area contributed by atoms with Crippen LogP contribution in [0.2, 0.25) is 0 Å². The largest absolute Gasteiger partial charge is 0.508 e. The van der Waals surface area contributed by atoms with Gasteiger partial charge in [0.05, 0.1) is 19.3 Å². The van der Waals surface area contributed by atoms with Crippen molar-refractivity contribution in [2.24, 2.45) is 10.8 Å². The molecule has 8 nitrogen and oxygen atoms in total. The molecule has 4 N–H and O–H groups in total. The quantitative estimate of drug-likeness (QED) is 0.429. The van der Waals surface area contributed by atoms with E-state index in [9.17, 15) is 24.9 Å². The molecular weight excluding hydrogens is 450 g/mol. The summed E-state index contributed by atoms with van der Waals surface area (Å²) in [6.45, 7) is 1.91. The highest BCUT2D eigenvalue weighted by Gasteiger charge is 2.79. The number of aromatic hydroxyl groups is 1. The highest BCUT2D eigenvalue weighted by atomic mass is 16.5. The number of rotatable bonds is 3. The maximum absolute atomic E-state index is 13.6. The van der Waals surface area contributed by atoms with Crippen LogP contribution in [-0.4, -0.2) is 40.3 Å². The average molecular weight is 475 g/mol. The van der Waals surface area contributed by atoms with Crippen molar-refractivity contribution in [3.63, 3.8) is 0 Å². The van der Waals surface area contributed by atoms with Crippen LogP contribution in [0.3, 0.4) is 0 Å². The lowest BCUT2D eigenvalue weighted by Gasteiger charge is -2.49. The van der Waals surface area contributed by atoms with Gasteiger partial charge in [-0.1, -0.05) is 24.3 Å². The Kier molecular flexibility index (Phi) is 4.50. The fraction of sp³-hybridized carbons (Fsp3) is 0.333. The van der Waals surface area contributed by atoms with E-state index in [4.69, 9.17) is 9.47 Å². The molecule has 2 amide bonds. The zero-order chi connectivity index (χ0) is 24.7. The molecule has 1 saturated carbocycles. The smallest absolute Gasteiger partial charge is 0.238 e. The second-order valence-electron chi connectivity index (χ2n) is 9.82. The van der Waals surface area contributed by atoms with Gasteiger partial charge in [-0.05, 0) is 55.0 Å². The lowest BCUT2D eigenvalue weighted by atomic mass is 9.54. The van der Waals surface area contributed by atoms with Crippen molar-refractivity contribution < 1.29 is 34.4 Å². The van der Waals surface area contributed by atoms with Gasteiger partial charge in [-0.2, -0.15) is 0 Å². The van der Waals surface area contributed by atoms with E-state index in [-0.39, 0.29) is 18.6 Å². The third-order valence-corrected chi connectivity index (χ3v) is 8.03. The number of nitrogens with one attached hydrogen (secondary N) is 1. The standard InChI is InChI=1S/C27H25NO7/c1-13-8-14-6-7-15(29)10-18(14)20(9-13)35-23-17-4-3-5-19(34-2)21(17)22(31)26-11-16(30)12-27(23,26)25(33)28-24(26)32/h3-10,16,22-23,29-31H,11-12H2,1-2H3,(H,28,32,33)/t16-,22-,23-,26-,27-/m0/s1. The fourth-order valence-electron chi connectivity index (χ4n) is 6.65. The molecule has 0 bridgehead atoms. The van der Waals surface area contributed by atoms with E-state index in [0.29, 0.717) is 28.0 Å². The van der Waals surface area contributed by atoms with Crippen LogP contribution < -0.4 is 14.8 Å². The first kappa shape index (κ1) is 21.9. The second kappa shape index (κ2) is 7.19. The van der Waals surface area contributed by atoms with Crippen LogP contribution in [-0.2, 0) is 9.59 Å². The minimum absolute atomic E-state index is 0.0437. The van der Waals surface area contributed by atoms with Gasteiger partial charge in [0.15, 0.2) is 0 Å². The van der Waals surface area contributed by atoms with E-state index >= 15 is 0 Å². The molecule has 0 radical (unpaired) electrons. The highest BCUT2D eigenvalue weighted by molar-refractivity contribution is 6.11. The average Bonchev–Trinajstić information content (AvgIpc) is 3.26. The molecule has 1 saturated heterocycles. The molecule has 5 atom stereocenters. The van der Waals surface area contributed by atoms with Crippen LogP contribution in [0.1, 0.15) is 41.7 Å². The highest BCUT2D eigenvalue weighted by Crippen LogP contribution is 2.71. The molecule has 2 aliphatic carbocycles. The van der Waals surface area contributed by atoms with Crippen molar-refractivity contribution >= 4 is 22.6 Å². The lowest BCUT2D eigenvalue weighted by Crippen LogP contribution is -2.53. The van der Waals surface area contributed by atoms with Gasteiger partial charge in [0, 0.05) is 16.5 Å². The van der Waals surface area contributed by atoms with Gasteiger partial charge in [-0.15, -0.1) is 0 Å². The number of hydrogen-bond donors (Lipinski definition) is 4. The van der Waals surface area contributed by atoms with E-state index in [1.165, 1.54) is 7.11 Å². The van der Waals surface area contributed by atoms with Gasteiger partial charge in [-0.3, -0.25) is 14.9 Å². The summed E-state index contributed by atoms with van der Waals surface area (Å²) < 4.78 is 12.2. The monoisotopic (exact) mass is 475 g/mol. The van der Waals surface area contributed by atoms with Crippen LogP contribution in [0, 0.1) is 17.8 Å². The number of benzene rings is 3. The van der Waals surface area contributed by atoms with E-state index < -0.39 is 41.0 Å². The van der Waals surface area contributed by atoms with Crippen molar-refractivity contribution in [1.29, 1.82) is 0 Å². The Morgan fingerprint density at radius 1 is 0.971 bits per heavy atom. The van der Waals surface area contributed by atoms with Crippen molar-refractivity contribution in [2.75, 3.05) is 7.11 Å². The van der Waals surface area contributed by atoms with E-state index in [1.807, 2.05) is 19.1 Å². The van der Waals surface area contributed by atoms with Gasteiger partial charge >= 0.3 is 0 Å². The topological polar surface area (TPSA) is 125 Å². The first-order chi connectivity index (χ1) is 16.7. The first-order valence-corrected chi connectivity index (χ1v) is 11.5. The van der Waals surface area contributed by atoms with Gasteiger partial charge in [0.2, 0.25) is 11.8 Å². The summed E-state index contributed by atoms with van der Waals surface area (Å²) in [5.74, 6) is -0.348. The second-order valence-corrected chi connectivity index (χ2v) is 9.82. The van der Waals surface area contributed by atoms with Crippen molar-refractivity contribution in [2.45, 2.75) is 38.1 Å². The predicted molar refractivity (Wildman–Crippen MR) is 125 cm³/mol. The molecule has 1 heterocycles. The number of imide groups is 1. The molecule has 35 heavy (non-hydrogen) atoms. The summed E-state index contributed by atoms with van der Waals surface area (Å²) in [7, 11) is 1.47. The van der Waals surface area contributed by atoms with Crippen molar-refractivity contribution in [3.8, 4) is 17.2 Å². The molecule has 8 heteroatoms. The molecule has 2 fully saturated rings. The first-order valence-electron chi connectivity index (χ1n) is 11.5. The number of phenols is 1. The summed E-state index contributed by atoms with van der Waals surface area (Å²) in [6.07, 6.45) is -3.50. The van der Waals surface area contributed by atoms with Crippen LogP contribution in [0.5, 0.6) is 17.2 Å². The molecule has 1 aliphatic heterocycles. The Morgan fingerprint density at radius 3 is 2.49 bits per heavy atom. The molecule has 0 aromatic heterocycles. The minimum atomic E-state index is -1.61.